The molecule has 1 rings (SSSR count). The average Bonchev–Trinajstić information content (AvgIpc) is 2.14. The Morgan fingerprint density at radius 3 is 2.88 bits per heavy atom. The van der Waals surface area contributed by atoms with E-state index in [9.17, 15) is 4.57 Å². The second-order valence-corrected chi connectivity index (χ2v) is 2.73. The number of rotatable bonds is 1. The van der Waals surface area contributed by atoms with Gasteiger partial charge in [-0.2, -0.15) is 0 Å². The lowest BCUT2D eigenvalue weighted by molar-refractivity contribution is 0.232. The van der Waals surface area contributed by atoms with Gasteiger partial charge < -0.3 is 9.05 Å². The normalized spacial score (nSPS) is 38.1. The minimum atomic E-state index is -2.07. The van der Waals surface area contributed by atoms with Crippen LogP contribution >= 0.6 is 8.25 Å². The van der Waals surface area contributed by atoms with Gasteiger partial charge in [-0.3, -0.25) is 4.57 Å². The van der Waals surface area contributed by atoms with Crippen LogP contribution in [0.5, 0.6) is 0 Å². The molecule has 0 bridgehead atoms. The third-order valence-electron chi connectivity index (χ3n) is 1.11. The predicted octanol–water partition coefficient (Wildman–Crippen LogP) is 1.20. The van der Waals surface area contributed by atoms with E-state index >= 15 is 0 Å². The van der Waals surface area contributed by atoms with Crippen LogP contribution in [0.2, 0.25) is 0 Å². The molecule has 3 nitrogen and oxygen atoms in total. The highest BCUT2D eigenvalue weighted by molar-refractivity contribution is 7.33. The second-order valence-electron chi connectivity index (χ2n) is 1.71. The van der Waals surface area contributed by atoms with Crippen LogP contribution in [0.3, 0.4) is 0 Å². The molecule has 1 fully saturated rings. The highest BCUT2D eigenvalue weighted by atomic mass is 31.1. The lowest BCUT2D eigenvalue weighted by Gasteiger charge is -1.97. The Morgan fingerprint density at radius 2 is 2.62 bits per heavy atom. The molecule has 4 heteroatoms. The zero-order valence-electron chi connectivity index (χ0n) is 4.72. The number of hydrogen-bond acceptors (Lipinski definition) is 3. The molecule has 0 N–H and O–H groups in total. The maximum Gasteiger partial charge on any atom is 0.319 e. The van der Waals surface area contributed by atoms with Gasteiger partial charge in [-0.25, -0.2) is 0 Å². The van der Waals surface area contributed by atoms with Crippen molar-refractivity contribution in [2.45, 2.75) is 19.4 Å². The summed E-state index contributed by atoms with van der Waals surface area (Å²) in [7, 11) is -2.07. The SMILES string of the molecule is CCC1CO[PH](=O)O1. The molecule has 1 aliphatic heterocycles. The zero-order chi connectivity index (χ0) is 5.98. The van der Waals surface area contributed by atoms with E-state index in [1.807, 2.05) is 6.92 Å². The third-order valence-corrected chi connectivity index (χ3v) is 2.03. The van der Waals surface area contributed by atoms with Crippen LogP contribution in [0.4, 0.5) is 0 Å². The van der Waals surface area contributed by atoms with Gasteiger partial charge in [0, 0.05) is 0 Å². The maximum atomic E-state index is 10.4. The lowest BCUT2D eigenvalue weighted by Crippen LogP contribution is -2.05. The summed E-state index contributed by atoms with van der Waals surface area (Å²) in [5, 5.41) is 0. The molecular formula is C4H9O3P. The minimum Gasteiger partial charge on any atom is -0.308 e. The summed E-state index contributed by atoms with van der Waals surface area (Å²) >= 11 is 0. The molecule has 1 aliphatic rings. The van der Waals surface area contributed by atoms with E-state index in [2.05, 4.69) is 4.52 Å². The highest BCUT2D eigenvalue weighted by Gasteiger charge is 2.19. The Balaban J connectivity index is 2.32. The van der Waals surface area contributed by atoms with E-state index in [0.717, 1.165) is 6.42 Å². The van der Waals surface area contributed by atoms with Crippen LogP contribution in [0.15, 0.2) is 0 Å². The van der Waals surface area contributed by atoms with E-state index in [4.69, 9.17) is 4.52 Å². The number of hydrogen-bond donors (Lipinski definition) is 0. The van der Waals surface area contributed by atoms with Crippen LogP contribution in [0, 0.1) is 0 Å². The van der Waals surface area contributed by atoms with Gasteiger partial charge in [-0.15, -0.1) is 0 Å². The molecule has 0 aromatic carbocycles. The Morgan fingerprint density at radius 1 is 1.88 bits per heavy atom. The summed E-state index contributed by atoms with van der Waals surface area (Å²) in [6, 6.07) is 0. The molecule has 0 aromatic rings. The molecule has 8 heavy (non-hydrogen) atoms. The average molecular weight is 136 g/mol. The minimum absolute atomic E-state index is 0.0846. The maximum absolute atomic E-state index is 10.4. The molecular weight excluding hydrogens is 127 g/mol. The first-order valence-electron chi connectivity index (χ1n) is 2.66. The quantitative estimate of drug-likeness (QED) is 0.508. The van der Waals surface area contributed by atoms with E-state index in [1.54, 1.807) is 0 Å². The first kappa shape index (κ1) is 6.27. The topological polar surface area (TPSA) is 35.5 Å². The van der Waals surface area contributed by atoms with Crippen molar-refractivity contribution >= 4 is 8.25 Å². The summed E-state index contributed by atoms with van der Waals surface area (Å²) in [5.41, 5.74) is 0. The predicted molar refractivity (Wildman–Crippen MR) is 30.1 cm³/mol. The molecule has 0 aromatic heterocycles. The van der Waals surface area contributed by atoms with Crippen LogP contribution < -0.4 is 0 Å². The van der Waals surface area contributed by atoms with Gasteiger partial charge in [0.2, 0.25) is 0 Å². The first-order chi connectivity index (χ1) is 3.83. The van der Waals surface area contributed by atoms with Crippen molar-refractivity contribution in [1.82, 2.24) is 0 Å². The fourth-order valence-electron chi connectivity index (χ4n) is 0.566. The van der Waals surface area contributed by atoms with E-state index < -0.39 is 8.25 Å². The molecule has 1 heterocycles. The van der Waals surface area contributed by atoms with Gasteiger partial charge in [-0.05, 0) is 6.42 Å². The Kier molecular flexibility index (Phi) is 2.06. The van der Waals surface area contributed by atoms with Crippen LogP contribution in [-0.4, -0.2) is 12.7 Å². The molecule has 0 saturated carbocycles. The molecule has 0 radical (unpaired) electrons. The molecule has 1 saturated heterocycles. The molecule has 0 aliphatic carbocycles. The Bertz CT molecular complexity index is 103. The van der Waals surface area contributed by atoms with Crippen molar-refractivity contribution < 1.29 is 13.6 Å². The van der Waals surface area contributed by atoms with Gasteiger partial charge >= 0.3 is 8.25 Å². The van der Waals surface area contributed by atoms with Gasteiger partial charge in [0.1, 0.15) is 0 Å². The standard InChI is InChI=1S/C4H9O3P/c1-2-4-3-6-8(5)7-4/h4,8H,2-3H2,1H3. The van der Waals surface area contributed by atoms with E-state index in [-0.39, 0.29) is 6.10 Å². The molecule has 2 unspecified atom stereocenters. The van der Waals surface area contributed by atoms with Crippen molar-refractivity contribution in [1.29, 1.82) is 0 Å². The smallest absolute Gasteiger partial charge is 0.308 e. The van der Waals surface area contributed by atoms with Gasteiger partial charge in [0.05, 0.1) is 12.7 Å². The summed E-state index contributed by atoms with van der Waals surface area (Å²) in [4.78, 5) is 0. The van der Waals surface area contributed by atoms with Crippen molar-refractivity contribution in [2.24, 2.45) is 0 Å². The summed E-state index contributed by atoms with van der Waals surface area (Å²) in [6.07, 6.45) is 0.970. The Labute approximate surface area is 48.9 Å². The molecule has 48 valence electrons. The fourth-order valence-corrected chi connectivity index (χ4v) is 1.46. The van der Waals surface area contributed by atoms with Gasteiger partial charge in [0.15, 0.2) is 0 Å². The van der Waals surface area contributed by atoms with E-state index in [1.165, 1.54) is 0 Å². The van der Waals surface area contributed by atoms with Crippen LogP contribution in [0.25, 0.3) is 0 Å². The summed E-state index contributed by atoms with van der Waals surface area (Å²) in [5.74, 6) is 0. The van der Waals surface area contributed by atoms with E-state index in [0.29, 0.717) is 6.61 Å². The van der Waals surface area contributed by atoms with Crippen molar-refractivity contribution in [2.75, 3.05) is 6.61 Å². The highest BCUT2D eigenvalue weighted by Crippen LogP contribution is 2.34. The lowest BCUT2D eigenvalue weighted by atomic mass is 10.3. The van der Waals surface area contributed by atoms with Crippen molar-refractivity contribution in [3.05, 3.63) is 0 Å². The van der Waals surface area contributed by atoms with Gasteiger partial charge in [0.25, 0.3) is 0 Å². The van der Waals surface area contributed by atoms with Crippen molar-refractivity contribution in [3.63, 3.8) is 0 Å². The monoisotopic (exact) mass is 136 g/mol. The summed E-state index contributed by atoms with van der Waals surface area (Å²) < 4.78 is 19.9. The van der Waals surface area contributed by atoms with Gasteiger partial charge in [-0.1, -0.05) is 6.92 Å². The third kappa shape index (κ3) is 1.31. The molecule has 0 amide bonds. The molecule has 2 atom stereocenters. The zero-order valence-corrected chi connectivity index (χ0v) is 5.72. The summed E-state index contributed by atoms with van der Waals surface area (Å²) in [6.45, 7) is 2.49. The molecule has 0 spiro atoms. The Hall–Kier alpha value is 0.150. The fraction of sp³-hybridized carbons (Fsp3) is 1.00. The van der Waals surface area contributed by atoms with Crippen LogP contribution in [0.1, 0.15) is 13.3 Å². The largest absolute Gasteiger partial charge is 0.319 e. The van der Waals surface area contributed by atoms with Crippen molar-refractivity contribution in [3.8, 4) is 0 Å². The second kappa shape index (κ2) is 2.62. The first-order valence-corrected chi connectivity index (χ1v) is 3.89. The van der Waals surface area contributed by atoms with Crippen LogP contribution in [-0.2, 0) is 13.6 Å².